The first-order valence-electron chi connectivity index (χ1n) is 2.27. The first-order chi connectivity index (χ1) is 4.04. The van der Waals surface area contributed by atoms with E-state index >= 15 is 0 Å². The summed E-state index contributed by atoms with van der Waals surface area (Å²) in [6.07, 6.45) is 0. The van der Waals surface area contributed by atoms with Gasteiger partial charge in [0.15, 0.2) is 0 Å². The van der Waals surface area contributed by atoms with Gasteiger partial charge in [-0.3, -0.25) is 9.59 Å². The number of hydrogen-bond acceptors (Lipinski definition) is 4. The maximum Gasteiger partial charge on any atom is 0.381 e. The molecular formula is C5H8O5. The van der Waals surface area contributed by atoms with E-state index in [-0.39, 0.29) is 5.48 Å². The largest absolute Gasteiger partial charge is 0.412 e. The molecule has 2 N–H and O–H groups in total. The normalized spacial score (nSPS) is 7.40. The fourth-order valence-corrected chi connectivity index (χ4v) is 0.202. The Morgan fingerprint density at radius 3 is 1.60 bits per heavy atom. The van der Waals surface area contributed by atoms with Gasteiger partial charge in [-0.25, -0.2) is 4.79 Å². The van der Waals surface area contributed by atoms with Gasteiger partial charge in [0.05, 0.1) is 0 Å². The zero-order chi connectivity index (χ0) is 7.44. The average molecular weight is 148 g/mol. The van der Waals surface area contributed by atoms with E-state index in [0.29, 0.717) is 0 Å². The lowest BCUT2D eigenvalue weighted by Gasteiger charge is -1.91. The molecule has 0 bridgehead atoms. The lowest BCUT2D eigenvalue weighted by atomic mass is 10.5. The minimum Gasteiger partial charge on any atom is -0.412 e. The fourth-order valence-electron chi connectivity index (χ4n) is 0.202. The maximum atomic E-state index is 10.2. The molecule has 0 aromatic rings. The van der Waals surface area contributed by atoms with Crippen LogP contribution in [0.25, 0.3) is 0 Å². The van der Waals surface area contributed by atoms with Crippen molar-refractivity contribution in [1.29, 1.82) is 0 Å². The molecule has 0 saturated heterocycles. The Hall–Kier alpha value is -1.23. The van der Waals surface area contributed by atoms with Gasteiger partial charge >= 0.3 is 11.9 Å². The highest BCUT2D eigenvalue weighted by Crippen LogP contribution is 1.79. The van der Waals surface area contributed by atoms with Crippen molar-refractivity contribution in [2.45, 2.75) is 13.8 Å². The molecule has 0 aromatic carbocycles. The van der Waals surface area contributed by atoms with E-state index < -0.39 is 17.7 Å². The van der Waals surface area contributed by atoms with Gasteiger partial charge in [0.1, 0.15) is 0 Å². The third-order valence-corrected chi connectivity index (χ3v) is 0.524. The lowest BCUT2D eigenvalue weighted by molar-refractivity contribution is -0.162. The first kappa shape index (κ1) is 11.6. The van der Waals surface area contributed by atoms with E-state index in [1.54, 1.807) is 0 Å². The Labute approximate surface area is 57.3 Å². The Balaban J connectivity index is 0. The molecule has 0 aliphatic heterocycles. The number of esters is 2. The second kappa shape index (κ2) is 4.63. The highest BCUT2D eigenvalue weighted by molar-refractivity contribution is 6.34. The second-order valence-electron chi connectivity index (χ2n) is 1.44. The smallest absolute Gasteiger partial charge is 0.381 e. The van der Waals surface area contributed by atoms with Gasteiger partial charge in [0, 0.05) is 13.8 Å². The monoisotopic (exact) mass is 148 g/mol. The fraction of sp³-hybridized carbons (Fsp3) is 0.400. The third-order valence-electron chi connectivity index (χ3n) is 0.524. The van der Waals surface area contributed by atoms with Crippen LogP contribution >= 0.6 is 0 Å². The SMILES string of the molecule is CC(=O)OC(=O)C(C)=O.O. The first-order valence-corrected chi connectivity index (χ1v) is 2.27. The number of carbonyl (C=O) groups excluding carboxylic acids is 3. The Bertz CT molecular complexity index is 159. The van der Waals surface area contributed by atoms with E-state index in [4.69, 9.17) is 0 Å². The number of ether oxygens (including phenoxy) is 1. The predicted molar refractivity (Wildman–Crippen MR) is 31.1 cm³/mol. The molecule has 0 fully saturated rings. The van der Waals surface area contributed by atoms with Crippen LogP contribution in [0.2, 0.25) is 0 Å². The van der Waals surface area contributed by atoms with E-state index in [9.17, 15) is 14.4 Å². The second-order valence-corrected chi connectivity index (χ2v) is 1.44. The summed E-state index contributed by atoms with van der Waals surface area (Å²) in [4.78, 5) is 30.2. The third kappa shape index (κ3) is 4.92. The molecule has 0 aromatic heterocycles. The molecule has 5 nitrogen and oxygen atoms in total. The highest BCUT2D eigenvalue weighted by atomic mass is 16.6. The van der Waals surface area contributed by atoms with Gasteiger partial charge in [-0.1, -0.05) is 0 Å². The van der Waals surface area contributed by atoms with Crippen LogP contribution in [0, 0.1) is 0 Å². The molecule has 0 aliphatic carbocycles. The summed E-state index contributed by atoms with van der Waals surface area (Å²) >= 11 is 0. The molecule has 0 radical (unpaired) electrons. The molecule has 10 heavy (non-hydrogen) atoms. The zero-order valence-corrected chi connectivity index (χ0v) is 5.63. The topological polar surface area (TPSA) is 91.9 Å². The number of ketones is 1. The van der Waals surface area contributed by atoms with Gasteiger partial charge in [-0.05, 0) is 0 Å². The zero-order valence-electron chi connectivity index (χ0n) is 5.63. The number of hydrogen-bond donors (Lipinski definition) is 0. The van der Waals surface area contributed by atoms with Gasteiger partial charge in [-0.2, -0.15) is 0 Å². The molecule has 58 valence electrons. The molecule has 0 heterocycles. The van der Waals surface area contributed by atoms with Crippen LogP contribution in [0.1, 0.15) is 13.8 Å². The van der Waals surface area contributed by atoms with Gasteiger partial charge in [0.2, 0.25) is 5.78 Å². The van der Waals surface area contributed by atoms with Crippen LogP contribution in [-0.2, 0) is 19.1 Å². The van der Waals surface area contributed by atoms with Crippen molar-refractivity contribution in [3.8, 4) is 0 Å². The lowest BCUT2D eigenvalue weighted by Crippen LogP contribution is -2.16. The molecular weight excluding hydrogens is 140 g/mol. The number of rotatable bonds is 1. The van der Waals surface area contributed by atoms with Crippen molar-refractivity contribution in [3.63, 3.8) is 0 Å². The number of carbonyl (C=O) groups is 3. The average Bonchev–Trinajstić information content (AvgIpc) is 1.63. The van der Waals surface area contributed by atoms with Crippen LogP contribution in [0.5, 0.6) is 0 Å². The van der Waals surface area contributed by atoms with Crippen molar-refractivity contribution in [3.05, 3.63) is 0 Å². The van der Waals surface area contributed by atoms with E-state index in [2.05, 4.69) is 4.74 Å². The summed E-state index contributed by atoms with van der Waals surface area (Å²) in [6, 6.07) is 0. The summed E-state index contributed by atoms with van der Waals surface area (Å²) < 4.78 is 3.88. The summed E-state index contributed by atoms with van der Waals surface area (Å²) in [5.41, 5.74) is 0. The van der Waals surface area contributed by atoms with Crippen LogP contribution < -0.4 is 0 Å². The van der Waals surface area contributed by atoms with Crippen LogP contribution in [0.3, 0.4) is 0 Å². The van der Waals surface area contributed by atoms with Crippen molar-refractivity contribution in [1.82, 2.24) is 0 Å². The molecule has 0 unspecified atom stereocenters. The molecule has 0 aliphatic rings. The van der Waals surface area contributed by atoms with Crippen molar-refractivity contribution in [2.75, 3.05) is 0 Å². The molecule has 0 rings (SSSR count). The van der Waals surface area contributed by atoms with Gasteiger partial charge in [0.25, 0.3) is 0 Å². The van der Waals surface area contributed by atoms with Gasteiger partial charge in [-0.15, -0.1) is 0 Å². The minimum atomic E-state index is -1.11. The Morgan fingerprint density at radius 2 is 1.50 bits per heavy atom. The van der Waals surface area contributed by atoms with Crippen molar-refractivity contribution >= 4 is 17.7 Å². The molecule has 0 saturated carbocycles. The summed E-state index contributed by atoms with van der Waals surface area (Å²) in [5, 5.41) is 0. The summed E-state index contributed by atoms with van der Waals surface area (Å²) in [5.74, 6) is -2.65. The molecule has 0 amide bonds. The maximum absolute atomic E-state index is 10.2. The van der Waals surface area contributed by atoms with E-state index in [1.807, 2.05) is 0 Å². The van der Waals surface area contributed by atoms with Crippen LogP contribution in [0.4, 0.5) is 0 Å². The highest BCUT2D eigenvalue weighted by Gasteiger charge is 2.10. The Kier molecular flexibility index (Phi) is 5.35. The van der Waals surface area contributed by atoms with Gasteiger partial charge < -0.3 is 10.2 Å². The molecule has 5 heteroatoms. The Morgan fingerprint density at radius 1 is 1.10 bits per heavy atom. The quantitative estimate of drug-likeness (QED) is 0.266. The standard InChI is InChI=1S/C5H6O4.H2O/c1-3(6)5(8)9-4(2)7;/h1-2H3;1H2. The number of Topliss-reactive ketones (excluding diaryl/α,β-unsaturated/α-hetero) is 1. The van der Waals surface area contributed by atoms with E-state index in [1.165, 1.54) is 0 Å². The van der Waals surface area contributed by atoms with Crippen LogP contribution in [-0.4, -0.2) is 23.2 Å². The predicted octanol–water partition coefficient (Wildman–Crippen LogP) is -1.16. The van der Waals surface area contributed by atoms with E-state index in [0.717, 1.165) is 13.8 Å². The van der Waals surface area contributed by atoms with Crippen molar-refractivity contribution < 1.29 is 24.6 Å². The van der Waals surface area contributed by atoms with Crippen LogP contribution in [0.15, 0.2) is 0 Å². The summed E-state index contributed by atoms with van der Waals surface area (Å²) in [6.45, 7) is 2.09. The minimum absolute atomic E-state index is 0. The summed E-state index contributed by atoms with van der Waals surface area (Å²) in [7, 11) is 0. The molecule has 0 spiro atoms. The molecule has 0 atom stereocenters. The van der Waals surface area contributed by atoms with Crippen molar-refractivity contribution in [2.24, 2.45) is 0 Å².